The van der Waals surface area contributed by atoms with Crippen molar-refractivity contribution in [2.24, 2.45) is 0 Å². The summed E-state index contributed by atoms with van der Waals surface area (Å²) in [5.74, 6) is -2.55. The summed E-state index contributed by atoms with van der Waals surface area (Å²) in [6.45, 7) is 8.48. The predicted molar refractivity (Wildman–Crippen MR) is 135 cm³/mol. The number of nitrogens with one attached hydrogen (secondary N) is 2. The fourth-order valence-corrected chi connectivity index (χ4v) is 3.62. The molecule has 0 aromatic carbocycles. The molecule has 0 aromatic heterocycles. The van der Waals surface area contributed by atoms with E-state index >= 15 is 0 Å². The van der Waals surface area contributed by atoms with Gasteiger partial charge in [0.15, 0.2) is 0 Å². The molecule has 0 rings (SSSR count). The Labute approximate surface area is 210 Å². The molecule has 11 heteroatoms. The van der Waals surface area contributed by atoms with Crippen LogP contribution in [0.5, 0.6) is 0 Å². The van der Waals surface area contributed by atoms with Gasteiger partial charge in [-0.2, -0.15) is 0 Å². The standard InChI is InChI=1S/C24H47N5O6/c1-4-7-8-9-10-11-12-13-25-21(30)18-28(19-22(31)32)16-17-29(20-23(33)34)24(35)26-14-15-27(5-2)6-3/h4-20H2,1-3H3,(H,25,30)(H,26,35)(H,31,32)(H,33,34). The van der Waals surface area contributed by atoms with Crippen molar-refractivity contribution in [2.45, 2.75) is 65.7 Å². The van der Waals surface area contributed by atoms with Crippen molar-refractivity contribution in [3.63, 3.8) is 0 Å². The average Bonchev–Trinajstić information content (AvgIpc) is 2.80. The van der Waals surface area contributed by atoms with Gasteiger partial charge >= 0.3 is 18.0 Å². The molecule has 204 valence electrons. The van der Waals surface area contributed by atoms with E-state index in [1.165, 1.54) is 30.6 Å². The van der Waals surface area contributed by atoms with Crippen molar-refractivity contribution in [1.29, 1.82) is 0 Å². The Balaban J connectivity index is 4.60. The van der Waals surface area contributed by atoms with Gasteiger partial charge in [-0.05, 0) is 19.5 Å². The van der Waals surface area contributed by atoms with Crippen LogP contribution in [0.2, 0.25) is 0 Å². The van der Waals surface area contributed by atoms with Crippen molar-refractivity contribution in [3.05, 3.63) is 0 Å². The zero-order chi connectivity index (χ0) is 26.5. The Morgan fingerprint density at radius 3 is 1.80 bits per heavy atom. The first kappa shape index (κ1) is 32.6. The third-order valence-corrected chi connectivity index (χ3v) is 5.73. The minimum Gasteiger partial charge on any atom is -0.480 e. The van der Waals surface area contributed by atoms with Crippen LogP contribution in [0.15, 0.2) is 0 Å². The molecule has 0 bridgehead atoms. The SMILES string of the molecule is CCCCCCCCCNC(=O)CN(CCN(CC(=O)O)C(=O)NCCN(CC)CC)CC(=O)O. The molecular formula is C24H47N5O6. The number of nitrogens with zero attached hydrogens (tertiary/aromatic N) is 3. The molecule has 0 saturated carbocycles. The van der Waals surface area contributed by atoms with Crippen molar-refractivity contribution in [3.8, 4) is 0 Å². The summed E-state index contributed by atoms with van der Waals surface area (Å²) < 4.78 is 0. The fourth-order valence-electron chi connectivity index (χ4n) is 3.62. The van der Waals surface area contributed by atoms with Crippen molar-refractivity contribution in [1.82, 2.24) is 25.3 Å². The lowest BCUT2D eigenvalue weighted by Crippen LogP contribution is -2.49. The Hall–Kier alpha value is -2.40. The third kappa shape index (κ3) is 18.6. The fraction of sp³-hybridized carbons (Fsp3) is 0.833. The highest BCUT2D eigenvalue weighted by Gasteiger charge is 2.20. The number of hydrogen-bond acceptors (Lipinski definition) is 6. The van der Waals surface area contributed by atoms with Gasteiger partial charge in [0.25, 0.3) is 0 Å². The highest BCUT2D eigenvalue weighted by Crippen LogP contribution is 2.06. The van der Waals surface area contributed by atoms with Crippen LogP contribution >= 0.6 is 0 Å². The number of carbonyl (C=O) groups excluding carboxylic acids is 2. The number of rotatable bonds is 22. The largest absolute Gasteiger partial charge is 0.480 e. The van der Waals surface area contributed by atoms with Gasteiger partial charge in [0.05, 0.1) is 13.1 Å². The van der Waals surface area contributed by atoms with E-state index in [0.717, 1.165) is 37.3 Å². The molecule has 0 spiro atoms. The monoisotopic (exact) mass is 501 g/mol. The van der Waals surface area contributed by atoms with Crippen LogP contribution in [-0.4, -0.2) is 114 Å². The first-order chi connectivity index (χ1) is 16.7. The summed E-state index contributed by atoms with van der Waals surface area (Å²) in [4.78, 5) is 51.9. The van der Waals surface area contributed by atoms with Gasteiger partial charge in [0, 0.05) is 32.7 Å². The van der Waals surface area contributed by atoms with Crippen LogP contribution < -0.4 is 10.6 Å². The van der Waals surface area contributed by atoms with Crippen LogP contribution in [0.4, 0.5) is 4.79 Å². The van der Waals surface area contributed by atoms with Gasteiger partial charge in [-0.1, -0.05) is 59.3 Å². The number of urea groups is 1. The molecule has 0 fully saturated rings. The molecule has 0 atom stereocenters. The van der Waals surface area contributed by atoms with Crippen LogP contribution in [0.25, 0.3) is 0 Å². The first-order valence-electron chi connectivity index (χ1n) is 12.9. The number of amides is 3. The van der Waals surface area contributed by atoms with Gasteiger partial charge in [0.2, 0.25) is 5.91 Å². The molecule has 0 aromatic rings. The third-order valence-electron chi connectivity index (χ3n) is 5.73. The molecule has 0 aliphatic heterocycles. The van der Waals surface area contributed by atoms with E-state index < -0.39 is 24.5 Å². The summed E-state index contributed by atoms with van der Waals surface area (Å²) >= 11 is 0. The van der Waals surface area contributed by atoms with Gasteiger partial charge in [-0.25, -0.2) is 4.79 Å². The lowest BCUT2D eigenvalue weighted by molar-refractivity contribution is -0.140. The number of carboxylic acid groups (broad SMARTS) is 2. The first-order valence-corrected chi connectivity index (χ1v) is 12.9. The average molecular weight is 502 g/mol. The van der Waals surface area contributed by atoms with E-state index in [4.69, 9.17) is 0 Å². The summed E-state index contributed by atoms with van der Waals surface area (Å²) in [5.41, 5.74) is 0. The van der Waals surface area contributed by atoms with E-state index in [2.05, 4.69) is 22.5 Å². The number of hydrogen-bond donors (Lipinski definition) is 4. The maximum atomic E-state index is 12.5. The molecule has 0 radical (unpaired) electrons. The zero-order valence-electron chi connectivity index (χ0n) is 21.9. The number of carbonyl (C=O) groups is 4. The zero-order valence-corrected chi connectivity index (χ0v) is 21.9. The maximum absolute atomic E-state index is 12.5. The maximum Gasteiger partial charge on any atom is 0.323 e. The van der Waals surface area contributed by atoms with E-state index in [1.807, 2.05) is 13.8 Å². The van der Waals surface area contributed by atoms with Crippen molar-refractivity contribution < 1.29 is 29.4 Å². The Morgan fingerprint density at radius 1 is 0.629 bits per heavy atom. The molecule has 0 aliphatic carbocycles. The highest BCUT2D eigenvalue weighted by molar-refractivity contribution is 5.80. The van der Waals surface area contributed by atoms with Crippen LogP contribution in [0.3, 0.4) is 0 Å². The van der Waals surface area contributed by atoms with E-state index in [0.29, 0.717) is 19.6 Å². The van der Waals surface area contributed by atoms with E-state index in [9.17, 15) is 29.4 Å². The summed E-state index contributed by atoms with van der Waals surface area (Å²) in [6, 6.07) is -0.529. The van der Waals surface area contributed by atoms with Crippen LogP contribution in [-0.2, 0) is 14.4 Å². The Kier molecular flexibility index (Phi) is 19.5. The number of likely N-dealkylation sites (N-methyl/N-ethyl adjacent to an activating group) is 1. The molecule has 3 amide bonds. The molecule has 0 saturated heterocycles. The number of carboxylic acids is 2. The molecule has 0 unspecified atom stereocenters. The normalized spacial score (nSPS) is 11.0. The van der Waals surface area contributed by atoms with Crippen LogP contribution in [0.1, 0.15) is 65.7 Å². The second-order valence-electron chi connectivity index (χ2n) is 8.65. The van der Waals surface area contributed by atoms with Crippen molar-refractivity contribution >= 4 is 23.9 Å². The second kappa shape index (κ2) is 20.9. The lowest BCUT2D eigenvalue weighted by atomic mass is 10.1. The molecular weight excluding hydrogens is 454 g/mol. The highest BCUT2D eigenvalue weighted by atomic mass is 16.4. The summed E-state index contributed by atoms with van der Waals surface area (Å²) in [7, 11) is 0. The number of unbranched alkanes of at least 4 members (excludes halogenated alkanes) is 6. The smallest absolute Gasteiger partial charge is 0.323 e. The summed E-state index contributed by atoms with van der Waals surface area (Å²) in [6.07, 6.45) is 7.94. The van der Waals surface area contributed by atoms with Gasteiger partial charge in [0.1, 0.15) is 6.54 Å². The minimum atomic E-state index is -1.17. The molecule has 4 N–H and O–H groups in total. The molecule has 0 heterocycles. The molecule has 35 heavy (non-hydrogen) atoms. The van der Waals surface area contributed by atoms with E-state index in [-0.39, 0.29) is 32.1 Å². The number of aliphatic carboxylic acids is 2. The van der Waals surface area contributed by atoms with Crippen LogP contribution in [0, 0.1) is 0 Å². The minimum absolute atomic E-state index is 0.0122. The second-order valence-corrected chi connectivity index (χ2v) is 8.65. The lowest BCUT2D eigenvalue weighted by Gasteiger charge is -2.26. The summed E-state index contributed by atoms with van der Waals surface area (Å²) in [5, 5.41) is 23.9. The Morgan fingerprint density at radius 2 is 1.23 bits per heavy atom. The van der Waals surface area contributed by atoms with Gasteiger partial charge < -0.3 is 30.6 Å². The van der Waals surface area contributed by atoms with Crippen molar-refractivity contribution in [2.75, 3.05) is 65.4 Å². The Bertz CT molecular complexity index is 615. The predicted octanol–water partition coefficient (Wildman–Crippen LogP) is 1.68. The molecule has 11 nitrogen and oxygen atoms in total. The topological polar surface area (TPSA) is 143 Å². The van der Waals surface area contributed by atoms with E-state index in [1.54, 1.807) is 0 Å². The molecule has 0 aliphatic rings. The quantitative estimate of drug-likeness (QED) is 0.164. The van der Waals surface area contributed by atoms with Gasteiger partial charge in [-0.3, -0.25) is 19.3 Å². The van der Waals surface area contributed by atoms with Gasteiger partial charge in [-0.15, -0.1) is 0 Å².